The summed E-state index contributed by atoms with van der Waals surface area (Å²) in [6.07, 6.45) is -5.10. The molecule has 1 atom stereocenters. The molecule has 0 aromatic heterocycles. The van der Waals surface area contributed by atoms with Crippen molar-refractivity contribution >= 4 is 24.0 Å². The van der Waals surface area contributed by atoms with Gasteiger partial charge in [0.25, 0.3) is 0 Å². The molecule has 0 amide bonds. The standard InChI is InChI=1S/C14H16BrF3Si/c1-19(2,3)9-8-12(10-14(16,17)18)11-4-6-13(15)7-5-11/h4-7,12H,10H2,1-3H3/t12-/m1/s1. The van der Waals surface area contributed by atoms with Gasteiger partial charge in [0, 0.05) is 4.47 Å². The Hall–Kier alpha value is -0.733. The SMILES string of the molecule is C[Si](C)(C)C#C[C@H](CC(F)(F)F)c1ccc(Br)cc1. The molecule has 0 saturated heterocycles. The third kappa shape index (κ3) is 6.83. The van der Waals surface area contributed by atoms with Gasteiger partial charge in [-0.1, -0.05) is 47.7 Å². The van der Waals surface area contributed by atoms with E-state index in [9.17, 15) is 13.2 Å². The van der Waals surface area contributed by atoms with E-state index in [0.29, 0.717) is 5.56 Å². The van der Waals surface area contributed by atoms with Crippen LogP contribution in [-0.2, 0) is 0 Å². The molecule has 5 heteroatoms. The molecule has 1 aromatic rings. The monoisotopic (exact) mass is 348 g/mol. The Balaban J connectivity index is 3.04. The zero-order chi connectivity index (χ0) is 14.7. The zero-order valence-corrected chi connectivity index (χ0v) is 13.7. The molecule has 0 aliphatic rings. The Bertz CT molecular complexity index is 475. The third-order valence-electron chi connectivity index (χ3n) is 2.33. The van der Waals surface area contributed by atoms with Crippen molar-refractivity contribution in [2.45, 2.75) is 38.2 Å². The second-order valence-corrected chi connectivity index (χ2v) is 11.1. The summed E-state index contributed by atoms with van der Waals surface area (Å²) in [4.78, 5) is 0. The molecule has 104 valence electrons. The molecule has 0 heterocycles. The van der Waals surface area contributed by atoms with Crippen LogP contribution in [0.15, 0.2) is 28.7 Å². The molecule has 0 bridgehead atoms. The minimum Gasteiger partial charge on any atom is -0.171 e. The highest BCUT2D eigenvalue weighted by molar-refractivity contribution is 9.10. The summed E-state index contributed by atoms with van der Waals surface area (Å²) in [6.45, 7) is 6.06. The van der Waals surface area contributed by atoms with Crippen LogP contribution >= 0.6 is 15.9 Å². The summed E-state index contributed by atoms with van der Waals surface area (Å²) in [5.41, 5.74) is 3.65. The lowest BCUT2D eigenvalue weighted by Crippen LogP contribution is -2.18. The van der Waals surface area contributed by atoms with Crippen molar-refractivity contribution in [3.63, 3.8) is 0 Å². The van der Waals surface area contributed by atoms with Crippen LogP contribution in [-0.4, -0.2) is 14.3 Å². The summed E-state index contributed by atoms with van der Waals surface area (Å²) in [7, 11) is -1.68. The number of hydrogen-bond acceptors (Lipinski definition) is 0. The molecule has 0 unspecified atom stereocenters. The van der Waals surface area contributed by atoms with Gasteiger partial charge in [-0.05, 0) is 17.7 Å². The van der Waals surface area contributed by atoms with Crippen molar-refractivity contribution in [3.05, 3.63) is 34.3 Å². The highest BCUT2D eigenvalue weighted by Gasteiger charge is 2.32. The average molecular weight is 349 g/mol. The molecule has 0 spiro atoms. The van der Waals surface area contributed by atoms with Crippen LogP contribution in [0.4, 0.5) is 13.2 Å². The first-order valence-corrected chi connectivity index (χ1v) is 10.2. The highest BCUT2D eigenvalue weighted by atomic mass is 79.9. The number of halogens is 4. The van der Waals surface area contributed by atoms with Gasteiger partial charge < -0.3 is 0 Å². The van der Waals surface area contributed by atoms with E-state index in [2.05, 4.69) is 27.4 Å². The van der Waals surface area contributed by atoms with Gasteiger partial charge in [0.15, 0.2) is 0 Å². The maximum atomic E-state index is 12.6. The molecule has 0 N–H and O–H groups in total. The minimum absolute atomic E-state index is 0.617. The molecule has 0 nitrogen and oxygen atoms in total. The number of alkyl halides is 3. The predicted molar refractivity (Wildman–Crippen MR) is 78.7 cm³/mol. The Labute approximate surface area is 121 Å². The summed E-state index contributed by atoms with van der Waals surface area (Å²) in [6, 6.07) is 6.88. The molecule has 19 heavy (non-hydrogen) atoms. The number of hydrogen-bond donors (Lipinski definition) is 0. The second kappa shape index (κ2) is 6.15. The van der Waals surface area contributed by atoms with Crippen LogP contribution in [0.25, 0.3) is 0 Å². The van der Waals surface area contributed by atoms with Crippen LogP contribution in [0.1, 0.15) is 17.9 Å². The lowest BCUT2D eigenvalue weighted by molar-refractivity contribution is -0.136. The largest absolute Gasteiger partial charge is 0.390 e. The van der Waals surface area contributed by atoms with E-state index in [1.54, 1.807) is 24.3 Å². The van der Waals surface area contributed by atoms with Crippen molar-refractivity contribution in [2.24, 2.45) is 0 Å². The van der Waals surface area contributed by atoms with E-state index in [-0.39, 0.29) is 0 Å². The van der Waals surface area contributed by atoms with Gasteiger partial charge in [0.05, 0.1) is 12.3 Å². The first-order valence-electron chi connectivity index (χ1n) is 5.92. The van der Waals surface area contributed by atoms with Crippen molar-refractivity contribution in [1.29, 1.82) is 0 Å². The van der Waals surface area contributed by atoms with Gasteiger partial charge in [0.2, 0.25) is 0 Å². The fourth-order valence-electron chi connectivity index (χ4n) is 1.48. The summed E-state index contributed by atoms with van der Waals surface area (Å²) >= 11 is 3.28. The topological polar surface area (TPSA) is 0 Å². The Morgan fingerprint density at radius 1 is 1.16 bits per heavy atom. The quantitative estimate of drug-likeness (QED) is 0.498. The van der Waals surface area contributed by atoms with E-state index in [4.69, 9.17) is 0 Å². The van der Waals surface area contributed by atoms with Gasteiger partial charge in [-0.25, -0.2) is 0 Å². The van der Waals surface area contributed by atoms with E-state index < -0.39 is 26.6 Å². The van der Waals surface area contributed by atoms with Crippen LogP contribution in [0.5, 0.6) is 0 Å². The Morgan fingerprint density at radius 2 is 1.68 bits per heavy atom. The van der Waals surface area contributed by atoms with Crippen molar-refractivity contribution < 1.29 is 13.2 Å². The van der Waals surface area contributed by atoms with Crippen LogP contribution in [0.3, 0.4) is 0 Å². The lowest BCUT2D eigenvalue weighted by Gasteiger charge is -2.15. The number of rotatable bonds is 2. The molecule has 1 aromatic carbocycles. The van der Waals surface area contributed by atoms with E-state index >= 15 is 0 Å². The molecule has 1 rings (SSSR count). The molecule has 0 aliphatic heterocycles. The Morgan fingerprint density at radius 3 is 2.11 bits per heavy atom. The maximum Gasteiger partial charge on any atom is 0.390 e. The molecular weight excluding hydrogens is 333 g/mol. The molecule has 0 radical (unpaired) electrons. The van der Waals surface area contributed by atoms with Crippen molar-refractivity contribution in [1.82, 2.24) is 0 Å². The van der Waals surface area contributed by atoms with Crippen LogP contribution < -0.4 is 0 Å². The summed E-state index contributed by atoms with van der Waals surface area (Å²) < 4.78 is 38.7. The minimum atomic E-state index is -4.20. The van der Waals surface area contributed by atoms with Gasteiger partial charge in [0.1, 0.15) is 8.07 Å². The second-order valence-electron chi connectivity index (χ2n) is 5.44. The smallest absolute Gasteiger partial charge is 0.171 e. The fourth-order valence-corrected chi connectivity index (χ4v) is 2.35. The summed E-state index contributed by atoms with van der Waals surface area (Å²) in [5, 5.41) is 0. The average Bonchev–Trinajstić information content (AvgIpc) is 2.23. The van der Waals surface area contributed by atoms with Gasteiger partial charge in [-0.2, -0.15) is 13.2 Å². The van der Waals surface area contributed by atoms with Crippen molar-refractivity contribution in [2.75, 3.05) is 0 Å². The van der Waals surface area contributed by atoms with Crippen LogP contribution in [0.2, 0.25) is 19.6 Å². The maximum absolute atomic E-state index is 12.6. The highest BCUT2D eigenvalue weighted by Crippen LogP contribution is 2.31. The van der Waals surface area contributed by atoms with E-state index in [0.717, 1.165) is 4.47 Å². The van der Waals surface area contributed by atoms with E-state index in [1.165, 1.54) is 0 Å². The molecule has 0 aliphatic carbocycles. The van der Waals surface area contributed by atoms with Crippen LogP contribution in [0, 0.1) is 11.5 Å². The zero-order valence-electron chi connectivity index (χ0n) is 11.1. The summed E-state index contributed by atoms with van der Waals surface area (Å²) in [5.74, 6) is 2.05. The third-order valence-corrected chi connectivity index (χ3v) is 3.75. The molecular formula is C14H16BrF3Si. The fraction of sp³-hybridized carbons (Fsp3) is 0.429. The number of benzene rings is 1. The predicted octanol–water partition coefficient (Wildman–Crippen LogP) is 5.37. The van der Waals surface area contributed by atoms with Gasteiger partial charge in [-0.3, -0.25) is 0 Å². The lowest BCUT2D eigenvalue weighted by atomic mass is 9.96. The normalized spacial score (nSPS) is 13.6. The molecule has 0 saturated carbocycles. The van der Waals surface area contributed by atoms with Gasteiger partial charge in [-0.15, -0.1) is 11.5 Å². The first kappa shape index (κ1) is 16.3. The van der Waals surface area contributed by atoms with Gasteiger partial charge >= 0.3 is 6.18 Å². The Kier molecular flexibility index (Phi) is 5.28. The van der Waals surface area contributed by atoms with Crippen molar-refractivity contribution in [3.8, 4) is 11.5 Å². The molecule has 0 fully saturated rings. The van der Waals surface area contributed by atoms with E-state index in [1.807, 2.05) is 19.6 Å². The first-order chi connectivity index (χ1) is 8.57.